The Morgan fingerprint density at radius 1 is 1.58 bits per heavy atom. The van der Waals surface area contributed by atoms with Gasteiger partial charge in [0.15, 0.2) is 0 Å². The zero-order valence-electron chi connectivity index (χ0n) is 7.42. The molecule has 1 N–H and O–H groups in total. The Morgan fingerprint density at radius 3 is 2.50 bits per heavy atom. The molecule has 2 rings (SSSR count). The van der Waals surface area contributed by atoms with Crippen molar-refractivity contribution in [2.75, 3.05) is 19.6 Å². The number of aliphatic carboxylic acids is 1. The van der Waals surface area contributed by atoms with Gasteiger partial charge in [-0.15, -0.1) is 0 Å². The lowest BCUT2D eigenvalue weighted by molar-refractivity contribution is -0.144. The SMILES string of the molecule is CC1CN(CC2(C(=O)O)CC2)C1. The molecule has 1 saturated heterocycles. The molecule has 0 spiro atoms. The van der Waals surface area contributed by atoms with Crippen molar-refractivity contribution in [2.45, 2.75) is 19.8 Å². The van der Waals surface area contributed by atoms with E-state index in [0.29, 0.717) is 0 Å². The summed E-state index contributed by atoms with van der Waals surface area (Å²) in [6.07, 6.45) is 1.76. The van der Waals surface area contributed by atoms with E-state index in [2.05, 4.69) is 11.8 Å². The van der Waals surface area contributed by atoms with E-state index in [9.17, 15) is 4.79 Å². The minimum absolute atomic E-state index is 0.347. The van der Waals surface area contributed by atoms with E-state index in [0.717, 1.165) is 38.4 Å². The van der Waals surface area contributed by atoms with Crippen LogP contribution in [0.5, 0.6) is 0 Å². The molecule has 1 heterocycles. The van der Waals surface area contributed by atoms with E-state index in [-0.39, 0.29) is 5.41 Å². The number of carboxylic acid groups (broad SMARTS) is 1. The van der Waals surface area contributed by atoms with Crippen molar-refractivity contribution < 1.29 is 9.90 Å². The lowest BCUT2D eigenvalue weighted by Gasteiger charge is -2.38. The van der Waals surface area contributed by atoms with Crippen molar-refractivity contribution in [1.82, 2.24) is 4.90 Å². The van der Waals surface area contributed by atoms with Crippen LogP contribution >= 0.6 is 0 Å². The summed E-state index contributed by atoms with van der Waals surface area (Å²) in [5.74, 6) is 0.177. The quantitative estimate of drug-likeness (QED) is 0.679. The molecule has 0 amide bonds. The topological polar surface area (TPSA) is 40.5 Å². The average Bonchev–Trinajstić information content (AvgIpc) is 2.66. The van der Waals surface area contributed by atoms with E-state index < -0.39 is 5.97 Å². The van der Waals surface area contributed by atoms with Crippen LogP contribution in [0.15, 0.2) is 0 Å². The van der Waals surface area contributed by atoms with Crippen LogP contribution in [0.3, 0.4) is 0 Å². The van der Waals surface area contributed by atoms with Crippen LogP contribution in [-0.4, -0.2) is 35.6 Å². The molecule has 0 unspecified atom stereocenters. The minimum atomic E-state index is -0.595. The lowest BCUT2D eigenvalue weighted by Crippen LogP contribution is -2.48. The number of hydrogen-bond donors (Lipinski definition) is 1. The smallest absolute Gasteiger partial charge is 0.310 e. The fourth-order valence-electron chi connectivity index (χ4n) is 1.98. The average molecular weight is 169 g/mol. The molecule has 3 heteroatoms. The first-order chi connectivity index (χ1) is 5.62. The minimum Gasteiger partial charge on any atom is -0.481 e. The second kappa shape index (κ2) is 2.46. The van der Waals surface area contributed by atoms with Crippen LogP contribution < -0.4 is 0 Å². The van der Waals surface area contributed by atoms with Gasteiger partial charge < -0.3 is 10.0 Å². The number of likely N-dealkylation sites (tertiary alicyclic amines) is 1. The molecular formula is C9H15NO2. The van der Waals surface area contributed by atoms with Crippen LogP contribution in [0.1, 0.15) is 19.8 Å². The molecule has 68 valence electrons. The standard InChI is InChI=1S/C9H15NO2/c1-7-4-10(5-7)6-9(2-3-9)8(11)12/h7H,2-6H2,1H3,(H,11,12). The molecule has 0 aromatic rings. The number of hydrogen-bond acceptors (Lipinski definition) is 2. The van der Waals surface area contributed by atoms with E-state index >= 15 is 0 Å². The summed E-state index contributed by atoms with van der Waals surface area (Å²) in [4.78, 5) is 13.1. The molecule has 0 aromatic heterocycles. The van der Waals surface area contributed by atoms with Crippen LogP contribution in [0.25, 0.3) is 0 Å². The van der Waals surface area contributed by atoms with E-state index in [1.807, 2.05) is 0 Å². The van der Waals surface area contributed by atoms with Crippen molar-refractivity contribution in [3.8, 4) is 0 Å². The Morgan fingerprint density at radius 2 is 2.17 bits per heavy atom. The third kappa shape index (κ3) is 1.22. The molecule has 12 heavy (non-hydrogen) atoms. The highest BCUT2D eigenvalue weighted by molar-refractivity contribution is 5.78. The zero-order valence-corrected chi connectivity index (χ0v) is 7.42. The van der Waals surface area contributed by atoms with E-state index in [4.69, 9.17) is 5.11 Å². The summed E-state index contributed by atoms with van der Waals surface area (Å²) in [5.41, 5.74) is -0.347. The normalized spacial score (nSPS) is 28.1. The van der Waals surface area contributed by atoms with Crippen molar-refractivity contribution in [3.63, 3.8) is 0 Å². The van der Waals surface area contributed by atoms with E-state index in [1.165, 1.54) is 0 Å². The summed E-state index contributed by atoms with van der Waals surface area (Å²) in [6.45, 7) is 5.17. The summed E-state index contributed by atoms with van der Waals surface area (Å²) in [5, 5.41) is 8.91. The van der Waals surface area contributed by atoms with Gasteiger partial charge in [-0.3, -0.25) is 4.79 Å². The van der Waals surface area contributed by atoms with Crippen molar-refractivity contribution in [2.24, 2.45) is 11.3 Å². The van der Waals surface area contributed by atoms with Gasteiger partial charge in [0, 0.05) is 19.6 Å². The summed E-state index contributed by atoms with van der Waals surface area (Å²) in [6, 6.07) is 0. The first kappa shape index (κ1) is 8.05. The van der Waals surface area contributed by atoms with Gasteiger partial charge in [0.1, 0.15) is 0 Å². The fourth-order valence-corrected chi connectivity index (χ4v) is 1.98. The Labute approximate surface area is 72.4 Å². The predicted octanol–water partition coefficient (Wildman–Crippen LogP) is 0.803. The number of rotatable bonds is 3. The second-order valence-corrected chi connectivity index (χ2v) is 4.38. The summed E-state index contributed by atoms with van der Waals surface area (Å²) < 4.78 is 0. The maximum Gasteiger partial charge on any atom is 0.310 e. The third-order valence-electron chi connectivity index (χ3n) is 2.97. The van der Waals surface area contributed by atoms with Crippen molar-refractivity contribution >= 4 is 5.97 Å². The summed E-state index contributed by atoms with van der Waals surface area (Å²) >= 11 is 0. The maximum atomic E-state index is 10.8. The monoisotopic (exact) mass is 169 g/mol. The van der Waals surface area contributed by atoms with Crippen LogP contribution in [0.2, 0.25) is 0 Å². The molecule has 0 radical (unpaired) electrons. The van der Waals surface area contributed by atoms with Gasteiger partial charge in [0.05, 0.1) is 5.41 Å². The largest absolute Gasteiger partial charge is 0.481 e. The van der Waals surface area contributed by atoms with E-state index in [1.54, 1.807) is 0 Å². The first-order valence-corrected chi connectivity index (χ1v) is 4.58. The van der Waals surface area contributed by atoms with Gasteiger partial charge in [-0.05, 0) is 18.8 Å². The number of nitrogens with zero attached hydrogens (tertiary/aromatic N) is 1. The first-order valence-electron chi connectivity index (χ1n) is 4.58. The number of carbonyl (C=O) groups is 1. The molecule has 0 aromatic carbocycles. The molecular weight excluding hydrogens is 154 g/mol. The van der Waals surface area contributed by atoms with Crippen LogP contribution in [-0.2, 0) is 4.79 Å². The predicted molar refractivity (Wildman–Crippen MR) is 44.9 cm³/mol. The Balaban J connectivity index is 1.83. The van der Waals surface area contributed by atoms with Crippen molar-refractivity contribution in [3.05, 3.63) is 0 Å². The van der Waals surface area contributed by atoms with Gasteiger partial charge in [-0.1, -0.05) is 6.92 Å². The van der Waals surface area contributed by atoms with Crippen molar-refractivity contribution in [1.29, 1.82) is 0 Å². The molecule has 2 aliphatic rings. The fraction of sp³-hybridized carbons (Fsp3) is 0.889. The molecule has 1 saturated carbocycles. The Bertz CT molecular complexity index is 205. The molecule has 3 nitrogen and oxygen atoms in total. The third-order valence-corrected chi connectivity index (χ3v) is 2.97. The highest BCUT2D eigenvalue weighted by Gasteiger charge is 2.52. The molecule has 0 atom stereocenters. The number of carboxylic acids is 1. The molecule has 1 aliphatic heterocycles. The molecule has 0 bridgehead atoms. The highest BCUT2D eigenvalue weighted by atomic mass is 16.4. The lowest BCUT2D eigenvalue weighted by atomic mass is 9.98. The van der Waals surface area contributed by atoms with Crippen LogP contribution in [0.4, 0.5) is 0 Å². The molecule has 1 aliphatic carbocycles. The second-order valence-electron chi connectivity index (χ2n) is 4.38. The zero-order chi connectivity index (χ0) is 8.77. The molecule has 2 fully saturated rings. The van der Waals surface area contributed by atoms with Crippen LogP contribution in [0, 0.1) is 11.3 Å². The van der Waals surface area contributed by atoms with Gasteiger partial charge in [-0.2, -0.15) is 0 Å². The van der Waals surface area contributed by atoms with Gasteiger partial charge in [-0.25, -0.2) is 0 Å². The van der Waals surface area contributed by atoms with Gasteiger partial charge >= 0.3 is 5.97 Å². The Hall–Kier alpha value is -0.570. The Kier molecular flexibility index (Phi) is 1.65. The maximum absolute atomic E-state index is 10.8. The van der Waals surface area contributed by atoms with Gasteiger partial charge in [0.2, 0.25) is 0 Å². The summed E-state index contributed by atoms with van der Waals surface area (Å²) in [7, 11) is 0. The van der Waals surface area contributed by atoms with Gasteiger partial charge in [0.25, 0.3) is 0 Å². The highest BCUT2D eigenvalue weighted by Crippen LogP contribution is 2.47.